The SMILES string of the molecule is O=C(CN1CCC(c2ccccc2)CC1)NC(=O)NCn1cnc2ccccc2c1=O. The highest BCUT2D eigenvalue weighted by Crippen LogP contribution is 2.27. The Kier molecular flexibility index (Phi) is 6.37. The minimum absolute atomic E-state index is 0.0712. The van der Waals surface area contributed by atoms with E-state index in [0.29, 0.717) is 16.8 Å². The van der Waals surface area contributed by atoms with Crippen molar-refractivity contribution in [1.29, 1.82) is 0 Å². The number of nitrogens with one attached hydrogen (secondary N) is 2. The molecule has 3 amide bonds. The van der Waals surface area contributed by atoms with Crippen LogP contribution in [0.5, 0.6) is 0 Å². The fourth-order valence-corrected chi connectivity index (χ4v) is 3.94. The van der Waals surface area contributed by atoms with Gasteiger partial charge in [-0.2, -0.15) is 0 Å². The maximum absolute atomic E-state index is 12.4. The van der Waals surface area contributed by atoms with E-state index in [1.54, 1.807) is 24.3 Å². The summed E-state index contributed by atoms with van der Waals surface area (Å²) < 4.78 is 1.29. The molecule has 0 radical (unpaired) electrons. The summed E-state index contributed by atoms with van der Waals surface area (Å²) in [7, 11) is 0. The molecule has 0 saturated carbocycles. The molecule has 1 aliphatic heterocycles. The molecule has 160 valence electrons. The van der Waals surface area contributed by atoms with E-state index < -0.39 is 6.03 Å². The third-order valence-corrected chi connectivity index (χ3v) is 5.62. The number of para-hydroxylation sites is 1. The molecule has 1 aliphatic rings. The zero-order valence-electron chi connectivity index (χ0n) is 17.2. The van der Waals surface area contributed by atoms with Crippen LogP contribution >= 0.6 is 0 Å². The normalized spacial score (nSPS) is 15.0. The molecule has 31 heavy (non-hydrogen) atoms. The van der Waals surface area contributed by atoms with Crippen LogP contribution in [0, 0.1) is 0 Å². The lowest BCUT2D eigenvalue weighted by atomic mass is 9.89. The average molecular weight is 419 g/mol. The number of piperidine rings is 1. The largest absolute Gasteiger partial charge is 0.322 e. The summed E-state index contributed by atoms with van der Waals surface area (Å²) in [6.45, 7) is 1.73. The van der Waals surface area contributed by atoms with Crippen molar-refractivity contribution in [3.63, 3.8) is 0 Å². The van der Waals surface area contributed by atoms with Crippen LogP contribution in [0.1, 0.15) is 24.3 Å². The van der Waals surface area contributed by atoms with Crippen molar-refractivity contribution in [2.75, 3.05) is 19.6 Å². The number of rotatable bonds is 5. The van der Waals surface area contributed by atoms with Crippen molar-refractivity contribution in [3.8, 4) is 0 Å². The Labute approximate surface area is 179 Å². The number of carbonyl (C=O) groups excluding carboxylic acids is 2. The van der Waals surface area contributed by atoms with Crippen molar-refractivity contribution < 1.29 is 9.59 Å². The smallest absolute Gasteiger partial charge is 0.320 e. The van der Waals surface area contributed by atoms with Crippen LogP contribution in [0.2, 0.25) is 0 Å². The van der Waals surface area contributed by atoms with Crippen LogP contribution in [0.4, 0.5) is 4.79 Å². The highest BCUT2D eigenvalue weighted by Gasteiger charge is 2.22. The maximum Gasteiger partial charge on any atom is 0.322 e. The monoisotopic (exact) mass is 419 g/mol. The Balaban J connectivity index is 1.23. The Morgan fingerprint density at radius 3 is 2.48 bits per heavy atom. The van der Waals surface area contributed by atoms with Gasteiger partial charge in [0.25, 0.3) is 5.56 Å². The molecule has 8 heteroatoms. The standard InChI is InChI=1S/C23H25N5O3/c29-21(14-27-12-10-18(11-13-27)17-6-2-1-3-7-17)26-23(31)25-16-28-15-24-20-9-5-4-8-19(20)22(28)30/h1-9,15,18H,10-14,16H2,(H2,25,26,29,31). The number of aromatic nitrogens is 2. The predicted octanol–water partition coefficient (Wildman–Crippen LogP) is 2.06. The lowest BCUT2D eigenvalue weighted by Crippen LogP contribution is -2.47. The molecule has 0 spiro atoms. The second kappa shape index (κ2) is 9.53. The first-order valence-corrected chi connectivity index (χ1v) is 10.4. The van der Waals surface area contributed by atoms with Gasteiger partial charge in [-0.1, -0.05) is 42.5 Å². The Morgan fingerprint density at radius 1 is 1.00 bits per heavy atom. The number of amides is 3. The molecule has 1 aromatic heterocycles. The first-order chi connectivity index (χ1) is 15.1. The molecule has 1 fully saturated rings. The third-order valence-electron chi connectivity index (χ3n) is 5.62. The van der Waals surface area contributed by atoms with E-state index >= 15 is 0 Å². The number of urea groups is 1. The fourth-order valence-electron chi connectivity index (χ4n) is 3.94. The van der Waals surface area contributed by atoms with Gasteiger partial charge in [0.2, 0.25) is 5.91 Å². The van der Waals surface area contributed by atoms with Gasteiger partial charge in [0.05, 0.1) is 23.8 Å². The number of hydrogen-bond acceptors (Lipinski definition) is 5. The zero-order chi connectivity index (χ0) is 21.6. The van der Waals surface area contributed by atoms with Crippen molar-refractivity contribution in [2.24, 2.45) is 0 Å². The van der Waals surface area contributed by atoms with Gasteiger partial charge in [0.1, 0.15) is 6.67 Å². The Morgan fingerprint density at radius 2 is 1.71 bits per heavy atom. The van der Waals surface area contributed by atoms with Gasteiger partial charge in [-0.25, -0.2) is 9.78 Å². The molecule has 0 atom stereocenters. The molecular formula is C23H25N5O3. The number of hydrogen-bond donors (Lipinski definition) is 2. The molecule has 0 aliphatic carbocycles. The first kappa shape index (κ1) is 20.7. The molecular weight excluding hydrogens is 394 g/mol. The van der Waals surface area contributed by atoms with Gasteiger partial charge in [-0.15, -0.1) is 0 Å². The molecule has 8 nitrogen and oxygen atoms in total. The number of fused-ring (bicyclic) bond motifs is 1. The number of imide groups is 1. The van der Waals surface area contributed by atoms with Gasteiger partial charge in [-0.3, -0.25) is 24.4 Å². The topological polar surface area (TPSA) is 96.3 Å². The quantitative estimate of drug-likeness (QED) is 0.660. The highest BCUT2D eigenvalue weighted by atomic mass is 16.2. The molecule has 3 aromatic rings. The Bertz CT molecular complexity index is 1120. The number of nitrogens with zero attached hydrogens (tertiary/aromatic N) is 3. The number of likely N-dealkylation sites (tertiary alicyclic amines) is 1. The molecule has 4 rings (SSSR count). The van der Waals surface area contributed by atoms with Crippen LogP contribution in [0.15, 0.2) is 65.7 Å². The molecule has 2 N–H and O–H groups in total. The summed E-state index contributed by atoms with van der Waals surface area (Å²) in [6.07, 6.45) is 3.35. The minimum Gasteiger partial charge on any atom is -0.320 e. The zero-order valence-corrected chi connectivity index (χ0v) is 17.2. The molecule has 0 bridgehead atoms. The third kappa shape index (κ3) is 5.16. The van der Waals surface area contributed by atoms with Crippen LogP contribution in [0.3, 0.4) is 0 Å². The van der Waals surface area contributed by atoms with Gasteiger partial charge < -0.3 is 5.32 Å². The van der Waals surface area contributed by atoms with Crippen molar-refractivity contribution in [2.45, 2.75) is 25.4 Å². The van der Waals surface area contributed by atoms with Crippen molar-refractivity contribution in [1.82, 2.24) is 25.1 Å². The summed E-state index contributed by atoms with van der Waals surface area (Å²) in [5, 5.41) is 5.34. The van der Waals surface area contributed by atoms with E-state index in [2.05, 4.69) is 44.8 Å². The molecule has 1 saturated heterocycles. The van der Waals surface area contributed by atoms with E-state index in [1.165, 1.54) is 16.5 Å². The average Bonchev–Trinajstić information content (AvgIpc) is 2.80. The second-order valence-corrected chi connectivity index (χ2v) is 7.71. The maximum atomic E-state index is 12.4. The van der Waals surface area contributed by atoms with Gasteiger partial charge in [0, 0.05) is 0 Å². The van der Waals surface area contributed by atoms with Crippen LogP contribution in [-0.2, 0) is 11.5 Å². The van der Waals surface area contributed by atoms with Gasteiger partial charge in [-0.05, 0) is 49.5 Å². The molecule has 2 aromatic carbocycles. The van der Waals surface area contributed by atoms with E-state index in [4.69, 9.17) is 0 Å². The van der Waals surface area contributed by atoms with E-state index in [0.717, 1.165) is 25.9 Å². The highest BCUT2D eigenvalue weighted by molar-refractivity contribution is 5.95. The fraction of sp³-hybridized carbons (Fsp3) is 0.304. The summed E-state index contributed by atoms with van der Waals surface area (Å²) in [6, 6.07) is 16.8. The number of benzene rings is 2. The van der Waals surface area contributed by atoms with E-state index in [-0.39, 0.29) is 24.7 Å². The molecule has 0 unspecified atom stereocenters. The van der Waals surface area contributed by atoms with Gasteiger partial charge >= 0.3 is 6.03 Å². The minimum atomic E-state index is -0.635. The summed E-state index contributed by atoms with van der Waals surface area (Å²) in [5.74, 6) is 0.150. The summed E-state index contributed by atoms with van der Waals surface area (Å²) in [4.78, 5) is 43.0. The first-order valence-electron chi connectivity index (χ1n) is 10.4. The van der Waals surface area contributed by atoms with Gasteiger partial charge in [0.15, 0.2) is 0 Å². The summed E-state index contributed by atoms with van der Waals surface area (Å²) >= 11 is 0. The van der Waals surface area contributed by atoms with Crippen LogP contribution in [0.25, 0.3) is 10.9 Å². The molecule has 2 heterocycles. The van der Waals surface area contributed by atoms with Crippen LogP contribution < -0.4 is 16.2 Å². The Hall–Kier alpha value is -3.52. The second-order valence-electron chi connectivity index (χ2n) is 7.71. The number of carbonyl (C=O) groups is 2. The van der Waals surface area contributed by atoms with Crippen LogP contribution in [-0.4, -0.2) is 46.0 Å². The summed E-state index contributed by atoms with van der Waals surface area (Å²) in [5.41, 5.74) is 1.68. The van der Waals surface area contributed by atoms with E-state index in [1.807, 2.05) is 6.07 Å². The van der Waals surface area contributed by atoms with E-state index in [9.17, 15) is 14.4 Å². The van der Waals surface area contributed by atoms with Crippen molar-refractivity contribution in [3.05, 3.63) is 76.8 Å². The van der Waals surface area contributed by atoms with Crippen molar-refractivity contribution >= 4 is 22.8 Å². The lowest BCUT2D eigenvalue weighted by molar-refractivity contribution is -0.121. The predicted molar refractivity (Wildman–Crippen MR) is 118 cm³/mol. The lowest BCUT2D eigenvalue weighted by Gasteiger charge is -2.31.